The molecule has 1 atom stereocenters. The van der Waals surface area contributed by atoms with Crippen LogP contribution >= 0.6 is 0 Å². The largest absolute Gasteiger partial charge is 0.573 e. The van der Waals surface area contributed by atoms with Crippen LogP contribution in [-0.4, -0.2) is 55.9 Å². The van der Waals surface area contributed by atoms with Crippen molar-refractivity contribution < 1.29 is 69.5 Å². The van der Waals surface area contributed by atoms with E-state index in [1.165, 1.54) is 20.8 Å². The molecule has 17 heteroatoms. The van der Waals surface area contributed by atoms with Gasteiger partial charge in [0.05, 0.1) is 5.57 Å². The summed E-state index contributed by atoms with van der Waals surface area (Å²) in [6.45, 7) is 2.00. The number of hydrogen-bond acceptors (Lipinski definition) is 10. The molecule has 2 rings (SSSR count). The zero-order valence-electron chi connectivity index (χ0n) is 19.2. The third-order valence-corrected chi connectivity index (χ3v) is 4.38. The monoisotopic (exact) mass is 547 g/mol. The van der Waals surface area contributed by atoms with Gasteiger partial charge >= 0.3 is 24.7 Å². The standard InChI is InChI=1S/C20H19F6NO10/c1-10-4-12(37-20(24,25)26)5-11-6-13(15(19(21,22)23)36-14(10)11)16(28)33-9-34-17(29)32-7-18(2,3)8-35-27(30)31/h4-6,15H,7-9H2,1-3H3/t15-/m0/s1. The summed E-state index contributed by atoms with van der Waals surface area (Å²) in [6, 6.07) is 1.52. The quantitative estimate of drug-likeness (QED) is 0.143. The topological polar surface area (TPSA) is 133 Å². The Hall–Kier alpha value is -3.92. The Bertz CT molecular complexity index is 1070. The van der Waals surface area contributed by atoms with Crippen molar-refractivity contribution in [3.8, 4) is 11.5 Å². The van der Waals surface area contributed by atoms with E-state index in [9.17, 15) is 46.0 Å². The number of ether oxygens (including phenoxy) is 5. The summed E-state index contributed by atoms with van der Waals surface area (Å²) in [4.78, 5) is 38.3. The molecule has 11 nitrogen and oxygen atoms in total. The van der Waals surface area contributed by atoms with Gasteiger partial charge in [-0.05, 0) is 30.7 Å². The van der Waals surface area contributed by atoms with Gasteiger partial charge in [0.15, 0.2) is 0 Å². The number of benzene rings is 1. The van der Waals surface area contributed by atoms with Crippen LogP contribution in [0.15, 0.2) is 17.7 Å². The van der Waals surface area contributed by atoms with Gasteiger partial charge in [0.2, 0.25) is 12.9 Å². The average Bonchev–Trinajstić information content (AvgIpc) is 2.74. The highest BCUT2D eigenvalue weighted by molar-refractivity contribution is 5.96. The molecule has 0 N–H and O–H groups in total. The van der Waals surface area contributed by atoms with E-state index in [0.29, 0.717) is 12.1 Å². The molecule has 0 aromatic heterocycles. The minimum Gasteiger partial charge on any atom is -0.475 e. The first-order valence-electron chi connectivity index (χ1n) is 9.97. The molecular formula is C20H19F6NO10. The van der Waals surface area contributed by atoms with Gasteiger partial charge < -0.3 is 28.5 Å². The van der Waals surface area contributed by atoms with E-state index in [2.05, 4.69) is 23.8 Å². The summed E-state index contributed by atoms with van der Waals surface area (Å²) in [7, 11) is 0. The molecule has 0 saturated carbocycles. The zero-order chi connectivity index (χ0) is 28.2. The van der Waals surface area contributed by atoms with Crippen molar-refractivity contribution in [1.29, 1.82) is 0 Å². The molecule has 206 valence electrons. The summed E-state index contributed by atoms with van der Waals surface area (Å²) < 4.78 is 101. The Labute approximate surface area is 203 Å². The molecule has 0 amide bonds. The number of carbonyl (C=O) groups is 2. The lowest BCUT2D eigenvalue weighted by molar-refractivity contribution is -0.760. The number of esters is 1. The van der Waals surface area contributed by atoms with E-state index in [4.69, 9.17) is 4.74 Å². The van der Waals surface area contributed by atoms with Crippen LogP contribution in [0.3, 0.4) is 0 Å². The van der Waals surface area contributed by atoms with E-state index >= 15 is 0 Å². The first-order valence-corrected chi connectivity index (χ1v) is 9.97. The lowest BCUT2D eigenvalue weighted by Gasteiger charge is -2.29. The summed E-state index contributed by atoms with van der Waals surface area (Å²) in [6.07, 6.45) is -13.9. The third-order valence-electron chi connectivity index (χ3n) is 4.38. The zero-order valence-corrected chi connectivity index (χ0v) is 19.2. The van der Waals surface area contributed by atoms with Crippen molar-refractivity contribution in [3.63, 3.8) is 0 Å². The van der Waals surface area contributed by atoms with Crippen molar-refractivity contribution in [2.24, 2.45) is 5.41 Å². The van der Waals surface area contributed by atoms with Crippen molar-refractivity contribution >= 4 is 18.2 Å². The molecule has 0 bridgehead atoms. The highest BCUT2D eigenvalue weighted by atomic mass is 19.4. The summed E-state index contributed by atoms with van der Waals surface area (Å²) in [5.41, 5.74) is -2.62. The van der Waals surface area contributed by atoms with Gasteiger partial charge in [0.1, 0.15) is 24.7 Å². The number of aryl methyl sites for hydroxylation is 1. The van der Waals surface area contributed by atoms with Crippen LogP contribution in [0, 0.1) is 22.5 Å². The second-order valence-electron chi connectivity index (χ2n) is 8.24. The van der Waals surface area contributed by atoms with Gasteiger partial charge in [-0.25, -0.2) is 9.59 Å². The van der Waals surface area contributed by atoms with E-state index in [1.807, 2.05) is 0 Å². The third kappa shape index (κ3) is 8.91. The predicted molar refractivity (Wildman–Crippen MR) is 106 cm³/mol. The van der Waals surface area contributed by atoms with Crippen molar-refractivity contribution in [2.45, 2.75) is 39.4 Å². The molecule has 0 fully saturated rings. The molecule has 1 aliphatic heterocycles. The Morgan fingerprint density at radius 1 is 1.05 bits per heavy atom. The van der Waals surface area contributed by atoms with E-state index in [1.54, 1.807) is 0 Å². The summed E-state index contributed by atoms with van der Waals surface area (Å²) in [5.74, 6) is -2.85. The first-order chi connectivity index (χ1) is 16.9. The number of rotatable bonds is 9. The van der Waals surface area contributed by atoms with Crippen molar-refractivity contribution in [1.82, 2.24) is 0 Å². The van der Waals surface area contributed by atoms with E-state index < -0.39 is 78.3 Å². The molecule has 1 aliphatic rings. The molecule has 0 spiro atoms. The van der Waals surface area contributed by atoms with Crippen LogP contribution in [-0.2, 0) is 23.8 Å². The number of fused-ring (bicyclic) bond motifs is 1. The summed E-state index contributed by atoms with van der Waals surface area (Å²) >= 11 is 0. The Morgan fingerprint density at radius 3 is 2.27 bits per heavy atom. The maximum atomic E-state index is 13.5. The molecule has 0 radical (unpaired) electrons. The number of nitrogens with zero attached hydrogens (tertiary/aromatic N) is 1. The van der Waals surface area contributed by atoms with Gasteiger partial charge in [0, 0.05) is 11.0 Å². The van der Waals surface area contributed by atoms with Crippen LogP contribution in [0.4, 0.5) is 31.1 Å². The second-order valence-corrected chi connectivity index (χ2v) is 8.24. The van der Waals surface area contributed by atoms with Gasteiger partial charge in [-0.3, -0.25) is 0 Å². The fraction of sp³-hybridized carbons (Fsp3) is 0.500. The number of hydrogen-bond donors (Lipinski definition) is 0. The highest BCUT2D eigenvalue weighted by Gasteiger charge is 2.49. The Kier molecular flexibility index (Phi) is 8.71. The maximum Gasteiger partial charge on any atom is 0.573 e. The highest BCUT2D eigenvalue weighted by Crippen LogP contribution is 2.41. The molecule has 1 heterocycles. The number of alkyl halides is 6. The minimum absolute atomic E-state index is 0.132. The molecule has 37 heavy (non-hydrogen) atoms. The molecule has 1 aromatic rings. The van der Waals surface area contributed by atoms with Crippen LogP contribution < -0.4 is 9.47 Å². The fourth-order valence-corrected chi connectivity index (χ4v) is 2.84. The molecule has 0 saturated heterocycles. The van der Waals surface area contributed by atoms with Gasteiger partial charge in [-0.15, -0.1) is 23.3 Å². The number of carbonyl (C=O) groups excluding carboxylic acids is 2. The Balaban J connectivity index is 2.10. The van der Waals surface area contributed by atoms with Gasteiger partial charge in [-0.2, -0.15) is 13.2 Å². The van der Waals surface area contributed by atoms with Crippen LogP contribution in [0.2, 0.25) is 0 Å². The SMILES string of the molecule is Cc1cc(OC(F)(F)F)cc2c1O[C@H](C(F)(F)F)C(C(=O)OCOC(=O)OCC(C)(C)CO[N+](=O)[O-])=C2. The van der Waals surface area contributed by atoms with Crippen LogP contribution in [0.25, 0.3) is 6.08 Å². The number of halogens is 6. The Morgan fingerprint density at radius 2 is 1.70 bits per heavy atom. The molecule has 0 unspecified atom stereocenters. The van der Waals surface area contributed by atoms with Crippen molar-refractivity contribution in [2.75, 3.05) is 20.0 Å². The van der Waals surface area contributed by atoms with Crippen molar-refractivity contribution in [3.05, 3.63) is 38.9 Å². The molecule has 0 aliphatic carbocycles. The smallest absolute Gasteiger partial charge is 0.475 e. The van der Waals surface area contributed by atoms with Gasteiger partial charge in [0.25, 0.3) is 5.09 Å². The van der Waals surface area contributed by atoms with E-state index in [0.717, 1.165) is 6.07 Å². The minimum atomic E-state index is -5.13. The molecular weight excluding hydrogens is 528 g/mol. The van der Waals surface area contributed by atoms with Crippen LogP contribution in [0.5, 0.6) is 11.5 Å². The second kappa shape index (κ2) is 11.0. The first kappa shape index (κ1) is 29.3. The van der Waals surface area contributed by atoms with Gasteiger partial charge in [-0.1, -0.05) is 13.8 Å². The molecule has 1 aromatic carbocycles. The lowest BCUT2D eigenvalue weighted by atomic mass is 9.97. The van der Waals surface area contributed by atoms with Crippen LogP contribution in [0.1, 0.15) is 25.0 Å². The average molecular weight is 547 g/mol. The summed E-state index contributed by atoms with van der Waals surface area (Å²) in [5, 5.41) is 9.17. The van der Waals surface area contributed by atoms with E-state index in [-0.39, 0.29) is 11.1 Å². The fourth-order valence-electron chi connectivity index (χ4n) is 2.84. The lowest BCUT2D eigenvalue weighted by Crippen LogP contribution is -2.41. The maximum absolute atomic E-state index is 13.5. The normalized spacial score (nSPS) is 15.5. The predicted octanol–water partition coefficient (Wildman–Crippen LogP) is 4.49.